The highest BCUT2D eigenvalue weighted by Gasteiger charge is 2.11. The molecule has 0 bridgehead atoms. The standard InChI is InChI=1S/C10H10N2O3/c1-2-5-15-10-6-9(12(13)14)4-3-8(10)7-11/h3-4,6H,2,5H2,1H3. The van der Waals surface area contributed by atoms with Crippen molar-refractivity contribution in [2.75, 3.05) is 6.61 Å². The first-order valence-corrected chi connectivity index (χ1v) is 4.50. The van der Waals surface area contributed by atoms with E-state index in [1.807, 2.05) is 13.0 Å². The van der Waals surface area contributed by atoms with Gasteiger partial charge in [0.2, 0.25) is 0 Å². The summed E-state index contributed by atoms with van der Waals surface area (Å²) in [6.45, 7) is 2.36. The van der Waals surface area contributed by atoms with E-state index < -0.39 is 4.92 Å². The van der Waals surface area contributed by atoms with Gasteiger partial charge in [0.15, 0.2) is 0 Å². The van der Waals surface area contributed by atoms with E-state index in [0.29, 0.717) is 12.2 Å². The van der Waals surface area contributed by atoms with E-state index in [4.69, 9.17) is 10.00 Å². The molecular weight excluding hydrogens is 196 g/mol. The zero-order valence-corrected chi connectivity index (χ0v) is 8.27. The second kappa shape index (κ2) is 4.96. The Morgan fingerprint density at radius 1 is 1.60 bits per heavy atom. The predicted molar refractivity (Wildman–Crippen MR) is 53.6 cm³/mol. The zero-order valence-electron chi connectivity index (χ0n) is 8.27. The van der Waals surface area contributed by atoms with Crippen molar-refractivity contribution in [1.82, 2.24) is 0 Å². The summed E-state index contributed by atoms with van der Waals surface area (Å²) in [6, 6.07) is 5.88. The third-order valence-electron chi connectivity index (χ3n) is 1.76. The minimum atomic E-state index is -0.514. The molecule has 5 nitrogen and oxygen atoms in total. The Bertz CT molecular complexity index is 410. The van der Waals surface area contributed by atoms with E-state index in [1.54, 1.807) is 0 Å². The number of rotatable bonds is 4. The molecule has 0 radical (unpaired) electrons. The van der Waals surface area contributed by atoms with Crippen molar-refractivity contribution in [3.8, 4) is 11.8 Å². The normalized spacial score (nSPS) is 9.33. The van der Waals surface area contributed by atoms with Crippen LogP contribution in [0.1, 0.15) is 18.9 Å². The first kappa shape index (κ1) is 11.0. The summed E-state index contributed by atoms with van der Waals surface area (Å²) in [5.41, 5.74) is 0.245. The van der Waals surface area contributed by atoms with E-state index in [9.17, 15) is 10.1 Å². The molecule has 0 aliphatic rings. The number of nitro benzene ring substituents is 1. The smallest absolute Gasteiger partial charge is 0.273 e. The van der Waals surface area contributed by atoms with Crippen LogP contribution >= 0.6 is 0 Å². The molecule has 0 atom stereocenters. The average molecular weight is 206 g/mol. The molecule has 1 rings (SSSR count). The summed E-state index contributed by atoms with van der Waals surface area (Å²) < 4.78 is 5.24. The van der Waals surface area contributed by atoms with Gasteiger partial charge in [-0.2, -0.15) is 5.26 Å². The first-order chi connectivity index (χ1) is 7.19. The highest BCUT2D eigenvalue weighted by molar-refractivity contribution is 5.49. The van der Waals surface area contributed by atoms with E-state index in [2.05, 4.69) is 0 Å². The van der Waals surface area contributed by atoms with Crippen LogP contribution in [0.4, 0.5) is 5.69 Å². The maximum Gasteiger partial charge on any atom is 0.273 e. The summed E-state index contributed by atoms with van der Waals surface area (Å²) in [5.74, 6) is 0.272. The third kappa shape index (κ3) is 2.68. The Morgan fingerprint density at radius 3 is 2.87 bits per heavy atom. The number of nitriles is 1. The molecular formula is C10H10N2O3. The summed E-state index contributed by atoms with van der Waals surface area (Å²) >= 11 is 0. The highest BCUT2D eigenvalue weighted by atomic mass is 16.6. The molecule has 0 saturated carbocycles. The van der Waals surface area contributed by atoms with Crippen LogP contribution in [0, 0.1) is 21.4 Å². The van der Waals surface area contributed by atoms with Gasteiger partial charge in [-0.15, -0.1) is 0 Å². The van der Waals surface area contributed by atoms with Gasteiger partial charge in [0.05, 0.1) is 23.2 Å². The number of ether oxygens (including phenoxy) is 1. The molecule has 0 N–H and O–H groups in total. The molecule has 0 unspecified atom stereocenters. The van der Waals surface area contributed by atoms with Crippen molar-refractivity contribution in [1.29, 1.82) is 5.26 Å². The van der Waals surface area contributed by atoms with Gasteiger partial charge in [0.1, 0.15) is 11.8 Å². The molecule has 0 aliphatic carbocycles. The Labute approximate surface area is 87.1 Å². The zero-order chi connectivity index (χ0) is 11.3. The van der Waals surface area contributed by atoms with Crippen LogP contribution in [0.15, 0.2) is 18.2 Å². The number of non-ortho nitro benzene ring substituents is 1. The Hall–Kier alpha value is -2.09. The lowest BCUT2D eigenvalue weighted by Crippen LogP contribution is -1.98. The molecule has 0 saturated heterocycles. The van der Waals surface area contributed by atoms with Gasteiger partial charge in [-0.1, -0.05) is 6.92 Å². The van der Waals surface area contributed by atoms with Crippen molar-refractivity contribution in [2.45, 2.75) is 13.3 Å². The SMILES string of the molecule is CCCOc1cc([N+](=O)[O-])ccc1C#N. The maximum atomic E-state index is 10.5. The van der Waals surface area contributed by atoms with Gasteiger partial charge in [0.25, 0.3) is 5.69 Å². The average Bonchev–Trinajstić information content (AvgIpc) is 2.25. The van der Waals surface area contributed by atoms with Crippen molar-refractivity contribution >= 4 is 5.69 Å². The van der Waals surface area contributed by atoms with Gasteiger partial charge in [-0.25, -0.2) is 0 Å². The monoisotopic (exact) mass is 206 g/mol. The maximum absolute atomic E-state index is 10.5. The fourth-order valence-electron chi connectivity index (χ4n) is 1.05. The van der Waals surface area contributed by atoms with Crippen LogP contribution in [0.5, 0.6) is 5.75 Å². The summed E-state index contributed by atoms with van der Waals surface area (Å²) in [7, 11) is 0. The number of nitrogens with zero attached hydrogens (tertiary/aromatic N) is 2. The quantitative estimate of drug-likeness (QED) is 0.559. The van der Waals surface area contributed by atoms with Gasteiger partial charge < -0.3 is 4.74 Å². The molecule has 1 aromatic carbocycles. The molecule has 5 heteroatoms. The van der Waals surface area contributed by atoms with Crippen LogP contribution in [0.2, 0.25) is 0 Å². The van der Waals surface area contributed by atoms with Gasteiger partial charge in [-0.3, -0.25) is 10.1 Å². The van der Waals surface area contributed by atoms with Gasteiger partial charge in [0, 0.05) is 6.07 Å². The Morgan fingerprint density at radius 2 is 2.33 bits per heavy atom. The Balaban J connectivity index is 3.03. The van der Waals surface area contributed by atoms with Crippen molar-refractivity contribution in [2.24, 2.45) is 0 Å². The molecule has 0 aliphatic heterocycles. The van der Waals surface area contributed by atoms with Crippen LogP contribution in [-0.4, -0.2) is 11.5 Å². The number of nitro groups is 1. The summed E-state index contributed by atoms with van der Waals surface area (Å²) in [5, 5.41) is 19.2. The molecule has 1 aromatic rings. The van der Waals surface area contributed by atoms with E-state index in [-0.39, 0.29) is 11.4 Å². The third-order valence-corrected chi connectivity index (χ3v) is 1.76. The fraction of sp³-hybridized carbons (Fsp3) is 0.300. The summed E-state index contributed by atoms with van der Waals surface area (Å²) in [4.78, 5) is 9.98. The molecule has 78 valence electrons. The van der Waals surface area contributed by atoms with Crippen molar-refractivity contribution in [3.63, 3.8) is 0 Å². The summed E-state index contributed by atoms with van der Waals surface area (Å²) in [6.07, 6.45) is 0.785. The van der Waals surface area contributed by atoms with Gasteiger partial charge >= 0.3 is 0 Å². The molecule has 0 aromatic heterocycles. The first-order valence-electron chi connectivity index (χ1n) is 4.50. The minimum absolute atomic E-state index is 0.0693. The van der Waals surface area contributed by atoms with Crippen molar-refractivity contribution < 1.29 is 9.66 Å². The van der Waals surface area contributed by atoms with Crippen LogP contribution < -0.4 is 4.74 Å². The highest BCUT2D eigenvalue weighted by Crippen LogP contribution is 2.24. The van der Waals surface area contributed by atoms with Gasteiger partial charge in [-0.05, 0) is 12.5 Å². The van der Waals surface area contributed by atoms with Crippen LogP contribution in [0.25, 0.3) is 0 Å². The molecule has 0 spiro atoms. The number of hydrogen-bond donors (Lipinski definition) is 0. The second-order valence-corrected chi connectivity index (χ2v) is 2.90. The lowest BCUT2D eigenvalue weighted by Gasteiger charge is -2.05. The number of benzene rings is 1. The van der Waals surface area contributed by atoms with E-state index in [0.717, 1.165) is 6.42 Å². The molecule has 15 heavy (non-hydrogen) atoms. The second-order valence-electron chi connectivity index (χ2n) is 2.90. The van der Waals surface area contributed by atoms with Crippen LogP contribution in [0.3, 0.4) is 0 Å². The lowest BCUT2D eigenvalue weighted by atomic mass is 10.2. The fourth-order valence-corrected chi connectivity index (χ4v) is 1.05. The molecule has 0 fully saturated rings. The van der Waals surface area contributed by atoms with E-state index >= 15 is 0 Å². The predicted octanol–water partition coefficient (Wildman–Crippen LogP) is 2.26. The topological polar surface area (TPSA) is 76.2 Å². The lowest BCUT2D eigenvalue weighted by molar-refractivity contribution is -0.384. The largest absolute Gasteiger partial charge is 0.492 e. The van der Waals surface area contributed by atoms with Crippen molar-refractivity contribution in [3.05, 3.63) is 33.9 Å². The number of hydrogen-bond acceptors (Lipinski definition) is 4. The van der Waals surface area contributed by atoms with E-state index in [1.165, 1.54) is 18.2 Å². The minimum Gasteiger partial charge on any atom is -0.492 e. The molecule has 0 heterocycles. The Kier molecular flexibility index (Phi) is 3.63. The van der Waals surface area contributed by atoms with Crippen LogP contribution in [-0.2, 0) is 0 Å². The molecule has 0 amide bonds.